The summed E-state index contributed by atoms with van der Waals surface area (Å²) >= 11 is 5.90. The zero-order valence-electron chi connectivity index (χ0n) is 12.6. The number of nitrogens with zero attached hydrogens (tertiary/aromatic N) is 1. The minimum atomic E-state index is -1.66. The van der Waals surface area contributed by atoms with Crippen LogP contribution in [0.15, 0.2) is 42.5 Å². The first-order chi connectivity index (χ1) is 11.3. The maximum absolute atomic E-state index is 14.1. The van der Waals surface area contributed by atoms with Gasteiger partial charge in [0.1, 0.15) is 17.2 Å². The number of hydrogen-bond donors (Lipinski definition) is 1. The molecule has 124 valence electrons. The summed E-state index contributed by atoms with van der Waals surface area (Å²) in [5, 5.41) is 2.92. The van der Waals surface area contributed by atoms with Gasteiger partial charge in [-0.2, -0.15) is 0 Å². The summed E-state index contributed by atoms with van der Waals surface area (Å²) in [6.07, 6.45) is 0. The van der Waals surface area contributed by atoms with Gasteiger partial charge in [-0.3, -0.25) is 9.69 Å². The van der Waals surface area contributed by atoms with Crippen molar-refractivity contribution >= 4 is 23.5 Å². The van der Waals surface area contributed by atoms with E-state index >= 15 is 0 Å². The molecule has 1 N–H and O–H groups in total. The van der Waals surface area contributed by atoms with Crippen LogP contribution in [0.2, 0.25) is 5.02 Å². The minimum Gasteiger partial charge on any atom is -0.319 e. The third-order valence-corrected chi connectivity index (χ3v) is 4.21. The van der Waals surface area contributed by atoms with Crippen molar-refractivity contribution in [1.29, 1.82) is 0 Å². The molecule has 24 heavy (non-hydrogen) atoms. The molecule has 2 aromatic carbocycles. The molecular formula is C17H13ClF2N2O2. The van der Waals surface area contributed by atoms with Crippen LogP contribution in [-0.2, 0) is 16.9 Å². The predicted octanol–water partition coefficient (Wildman–Crippen LogP) is 3.59. The van der Waals surface area contributed by atoms with Gasteiger partial charge in [0, 0.05) is 10.6 Å². The summed E-state index contributed by atoms with van der Waals surface area (Å²) in [6, 6.07) is 8.82. The van der Waals surface area contributed by atoms with E-state index in [1.54, 1.807) is 24.3 Å². The van der Waals surface area contributed by atoms with Gasteiger partial charge in [-0.15, -0.1) is 0 Å². The van der Waals surface area contributed by atoms with Crippen molar-refractivity contribution in [2.24, 2.45) is 0 Å². The molecule has 0 bridgehead atoms. The maximum Gasteiger partial charge on any atom is 0.325 e. The molecule has 0 saturated carbocycles. The minimum absolute atomic E-state index is 0.0161. The van der Waals surface area contributed by atoms with Crippen molar-refractivity contribution in [2.45, 2.75) is 19.0 Å². The lowest BCUT2D eigenvalue weighted by Gasteiger charge is -2.23. The summed E-state index contributed by atoms with van der Waals surface area (Å²) < 4.78 is 27.5. The van der Waals surface area contributed by atoms with E-state index in [1.165, 1.54) is 6.92 Å². The molecule has 0 aromatic heterocycles. The molecule has 0 unspecified atom stereocenters. The Bertz CT molecular complexity index is 843. The highest BCUT2D eigenvalue weighted by Crippen LogP contribution is 2.32. The van der Waals surface area contributed by atoms with Crippen molar-refractivity contribution in [3.8, 4) is 0 Å². The van der Waals surface area contributed by atoms with E-state index in [1.807, 2.05) is 0 Å². The van der Waals surface area contributed by atoms with Crippen LogP contribution in [-0.4, -0.2) is 16.8 Å². The van der Waals surface area contributed by atoms with Crippen LogP contribution in [0.25, 0.3) is 0 Å². The molecule has 1 aliphatic rings. The van der Waals surface area contributed by atoms with E-state index in [-0.39, 0.29) is 12.1 Å². The molecule has 4 nitrogen and oxygen atoms in total. The molecule has 1 heterocycles. The monoisotopic (exact) mass is 350 g/mol. The second-order valence-electron chi connectivity index (χ2n) is 5.70. The lowest BCUT2D eigenvalue weighted by atomic mass is 9.91. The standard InChI is InChI=1S/C17H13ClF2N2O2/c1-17(13-8-12(19)5-6-14(13)20)15(23)22(16(24)21-17)9-10-3-2-4-11(18)7-10/h2-8H,9H2,1H3,(H,21,24)/t17-/m1/s1. The van der Waals surface area contributed by atoms with E-state index in [0.29, 0.717) is 10.6 Å². The highest BCUT2D eigenvalue weighted by Gasteiger charge is 2.50. The molecule has 3 rings (SSSR count). The number of carbonyl (C=O) groups is 2. The summed E-state index contributed by atoms with van der Waals surface area (Å²) in [4.78, 5) is 25.9. The molecule has 0 spiro atoms. The fraction of sp³-hybridized carbons (Fsp3) is 0.176. The zero-order chi connectivity index (χ0) is 17.5. The first-order valence-electron chi connectivity index (χ1n) is 7.15. The number of imide groups is 1. The number of carbonyl (C=O) groups excluding carboxylic acids is 2. The van der Waals surface area contributed by atoms with Gasteiger partial charge in [-0.05, 0) is 42.8 Å². The van der Waals surface area contributed by atoms with Crippen LogP contribution >= 0.6 is 11.6 Å². The Hall–Kier alpha value is -2.47. The largest absolute Gasteiger partial charge is 0.325 e. The molecular weight excluding hydrogens is 338 g/mol. The number of benzene rings is 2. The van der Waals surface area contributed by atoms with Crippen LogP contribution in [0.3, 0.4) is 0 Å². The highest BCUT2D eigenvalue weighted by molar-refractivity contribution is 6.30. The van der Waals surface area contributed by atoms with E-state index < -0.39 is 29.1 Å². The van der Waals surface area contributed by atoms with Crippen LogP contribution in [0.4, 0.5) is 13.6 Å². The second-order valence-corrected chi connectivity index (χ2v) is 6.14. The SMILES string of the molecule is C[C@]1(c2cc(F)ccc2F)NC(=O)N(Cc2cccc(Cl)c2)C1=O. The fourth-order valence-corrected chi connectivity index (χ4v) is 2.93. The third-order valence-electron chi connectivity index (χ3n) is 3.97. The van der Waals surface area contributed by atoms with E-state index in [0.717, 1.165) is 23.1 Å². The first kappa shape index (κ1) is 16.4. The Morgan fingerprint density at radius 1 is 1.17 bits per heavy atom. The van der Waals surface area contributed by atoms with Gasteiger partial charge < -0.3 is 5.32 Å². The van der Waals surface area contributed by atoms with E-state index in [2.05, 4.69) is 5.32 Å². The quantitative estimate of drug-likeness (QED) is 0.860. The van der Waals surface area contributed by atoms with Crippen molar-refractivity contribution in [3.05, 3.63) is 70.2 Å². The van der Waals surface area contributed by atoms with Gasteiger partial charge in [0.05, 0.1) is 6.54 Å². The summed E-state index contributed by atoms with van der Waals surface area (Å²) in [5.74, 6) is -2.11. The molecule has 0 radical (unpaired) electrons. The summed E-state index contributed by atoms with van der Waals surface area (Å²) in [6.45, 7) is 1.33. The number of nitrogens with one attached hydrogen (secondary N) is 1. The number of amides is 3. The smallest absolute Gasteiger partial charge is 0.319 e. The topological polar surface area (TPSA) is 49.4 Å². The third kappa shape index (κ3) is 2.73. The molecule has 2 aromatic rings. The fourth-order valence-electron chi connectivity index (χ4n) is 2.72. The molecule has 1 saturated heterocycles. The van der Waals surface area contributed by atoms with Gasteiger partial charge in [0.15, 0.2) is 0 Å². The van der Waals surface area contributed by atoms with Crippen LogP contribution in [0.1, 0.15) is 18.1 Å². The van der Waals surface area contributed by atoms with Gasteiger partial charge in [0.2, 0.25) is 0 Å². The van der Waals surface area contributed by atoms with Gasteiger partial charge in [-0.1, -0.05) is 23.7 Å². The molecule has 1 aliphatic heterocycles. The Morgan fingerprint density at radius 3 is 2.62 bits per heavy atom. The molecule has 1 fully saturated rings. The van der Waals surface area contributed by atoms with E-state index in [4.69, 9.17) is 11.6 Å². The Kier molecular flexibility index (Phi) is 4.01. The van der Waals surface area contributed by atoms with Crippen molar-refractivity contribution in [2.75, 3.05) is 0 Å². The van der Waals surface area contributed by atoms with Crippen molar-refractivity contribution < 1.29 is 18.4 Å². The van der Waals surface area contributed by atoms with Crippen molar-refractivity contribution in [1.82, 2.24) is 10.2 Å². The Balaban J connectivity index is 1.95. The molecule has 0 aliphatic carbocycles. The first-order valence-corrected chi connectivity index (χ1v) is 7.53. The maximum atomic E-state index is 14.1. The van der Waals surface area contributed by atoms with Crippen LogP contribution in [0, 0.1) is 11.6 Å². The number of urea groups is 1. The predicted molar refractivity (Wildman–Crippen MR) is 84.2 cm³/mol. The summed E-state index contributed by atoms with van der Waals surface area (Å²) in [7, 11) is 0. The second kappa shape index (κ2) is 5.87. The number of halogens is 3. The lowest BCUT2D eigenvalue weighted by Crippen LogP contribution is -2.41. The molecule has 7 heteroatoms. The highest BCUT2D eigenvalue weighted by atomic mass is 35.5. The van der Waals surface area contributed by atoms with Crippen LogP contribution in [0.5, 0.6) is 0 Å². The number of hydrogen-bond acceptors (Lipinski definition) is 2. The Morgan fingerprint density at radius 2 is 1.92 bits per heavy atom. The van der Waals surface area contributed by atoms with Gasteiger partial charge >= 0.3 is 6.03 Å². The lowest BCUT2D eigenvalue weighted by molar-refractivity contribution is -0.131. The molecule has 1 atom stereocenters. The van der Waals surface area contributed by atoms with E-state index in [9.17, 15) is 18.4 Å². The van der Waals surface area contributed by atoms with Crippen molar-refractivity contribution in [3.63, 3.8) is 0 Å². The normalized spacial score (nSPS) is 20.4. The van der Waals surface area contributed by atoms with Gasteiger partial charge in [-0.25, -0.2) is 13.6 Å². The average Bonchev–Trinajstić information content (AvgIpc) is 2.74. The number of rotatable bonds is 3. The van der Waals surface area contributed by atoms with Crippen LogP contribution < -0.4 is 5.32 Å². The summed E-state index contributed by atoms with van der Waals surface area (Å²) in [5.41, 5.74) is -1.23. The molecule has 3 amide bonds. The average molecular weight is 351 g/mol. The Labute approximate surface area is 142 Å². The zero-order valence-corrected chi connectivity index (χ0v) is 13.4. The van der Waals surface area contributed by atoms with Gasteiger partial charge in [0.25, 0.3) is 5.91 Å².